The van der Waals surface area contributed by atoms with Crippen molar-refractivity contribution < 1.29 is 14.1 Å². The van der Waals surface area contributed by atoms with Crippen molar-refractivity contribution >= 4 is 28.6 Å². The lowest BCUT2D eigenvalue weighted by molar-refractivity contribution is 0.244. The monoisotopic (exact) mass is 444 g/mol. The minimum atomic E-state index is -0.429. The Morgan fingerprint density at radius 1 is 1.09 bits per heavy atom. The second-order valence-corrected chi connectivity index (χ2v) is 8.18. The van der Waals surface area contributed by atoms with Crippen LogP contribution >= 0.6 is 11.3 Å². The van der Waals surface area contributed by atoms with Gasteiger partial charge in [-0.2, -0.15) is 4.98 Å². The minimum absolute atomic E-state index is 0.244. The second-order valence-electron chi connectivity index (χ2n) is 7.23. The van der Waals surface area contributed by atoms with E-state index in [0.717, 1.165) is 16.0 Å². The number of methoxy groups -OCH3 is 1. The first-order valence-electron chi connectivity index (χ1n) is 10.0. The highest BCUT2D eigenvalue weighted by Crippen LogP contribution is 2.39. The predicted molar refractivity (Wildman–Crippen MR) is 123 cm³/mol. The number of aromatic nitrogens is 2. The molecule has 2 aromatic heterocycles. The van der Waals surface area contributed by atoms with Gasteiger partial charge in [-0.3, -0.25) is 4.90 Å². The van der Waals surface area contributed by atoms with Gasteiger partial charge in [0.1, 0.15) is 5.75 Å². The summed E-state index contributed by atoms with van der Waals surface area (Å²) in [6.07, 6.45) is 0. The molecule has 4 aromatic rings. The molecule has 2 aromatic carbocycles. The summed E-state index contributed by atoms with van der Waals surface area (Å²) in [6.45, 7) is 1.89. The number of carbonyl (C=O) groups is 1. The number of anilines is 1. The number of benzene rings is 2. The highest BCUT2D eigenvalue weighted by atomic mass is 32.1. The molecular formula is C24H20N4O3S. The molecule has 1 aliphatic rings. The molecule has 0 fully saturated rings. The summed E-state index contributed by atoms with van der Waals surface area (Å²) in [5.74, 6) is 1.55. The van der Waals surface area contributed by atoms with E-state index < -0.39 is 6.04 Å². The fraction of sp³-hybridized carbons (Fsp3) is 0.125. The number of thiophene rings is 1. The van der Waals surface area contributed by atoms with Crippen LogP contribution in [-0.2, 0) is 0 Å². The fourth-order valence-corrected chi connectivity index (χ4v) is 4.46. The summed E-state index contributed by atoms with van der Waals surface area (Å²) in [7, 11) is 1.60. The van der Waals surface area contributed by atoms with Crippen LogP contribution in [0.4, 0.5) is 10.5 Å². The summed E-state index contributed by atoms with van der Waals surface area (Å²) in [4.78, 5) is 20.4. The number of urea groups is 1. The molecule has 5 rings (SSSR count). The lowest BCUT2D eigenvalue weighted by Gasteiger charge is -2.35. The number of allylic oxidation sites excluding steroid dienone is 1. The van der Waals surface area contributed by atoms with Crippen LogP contribution in [0.25, 0.3) is 16.3 Å². The number of ether oxygens (including phenoxy) is 1. The van der Waals surface area contributed by atoms with E-state index in [0.29, 0.717) is 28.8 Å². The van der Waals surface area contributed by atoms with Crippen LogP contribution in [0.1, 0.15) is 24.4 Å². The Kier molecular flexibility index (Phi) is 5.20. The molecule has 3 heterocycles. The highest BCUT2D eigenvalue weighted by Gasteiger charge is 2.36. The summed E-state index contributed by atoms with van der Waals surface area (Å²) in [6, 6.07) is 20.3. The second kappa shape index (κ2) is 8.32. The zero-order valence-corrected chi connectivity index (χ0v) is 18.3. The lowest BCUT2D eigenvalue weighted by atomic mass is 9.94. The quantitative estimate of drug-likeness (QED) is 0.439. The van der Waals surface area contributed by atoms with Crippen molar-refractivity contribution in [3.8, 4) is 16.5 Å². The molecule has 0 saturated heterocycles. The number of hydrogen-bond acceptors (Lipinski definition) is 6. The van der Waals surface area contributed by atoms with Crippen LogP contribution in [0.5, 0.6) is 5.75 Å². The van der Waals surface area contributed by atoms with E-state index in [1.165, 1.54) is 0 Å². The van der Waals surface area contributed by atoms with Crippen molar-refractivity contribution in [1.29, 1.82) is 0 Å². The van der Waals surface area contributed by atoms with Crippen molar-refractivity contribution in [2.24, 2.45) is 0 Å². The zero-order chi connectivity index (χ0) is 22.1. The average molecular weight is 445 g/mol. The summed E-state index contributed by atoms with van der Waals surface area (Å²) < 4.78 is 11.0. The molecule has 8 heteroatoms. The molecule has 160 valence electrons. The molecule has 2 amide bonds. The Labute approximate surface area is 189 Å². The van der Waals surface area contributed by atoms with Gasteiger partial charge >= 0.3 is 6.03 Å². The maximum Gasteiger partial charge on any atom is 0.327 e. The maximum atomic E-state index is 13.2. The van der Waals surface area contributed by atoms with Gasteiger partial charge in [-0.15, -0.1) is 11.3 Å². The van der Waals surface area contributed by atoms with Crippen LogP contribution in [0.15, 0.2) is 82.3 Å². The average Bonchev–Trinajstić information content (AvgIpc) is 3.52. The van der Waals surface area contributed by atoms with Crippen molar-refractivity contribution in [1.82, 2.24) is 15.5 Å². The summed E-state index contributed by atoms with van der Waals surface area (Å²) in [5, 5.41) is 9.25. The van der Waals surface area contributed by atoms with Gasteiger partial charge in [-0.05, 0) is 36.1 Å². The van der Waals surface area contributed by atoms with Gasteiger partial charge in [0.2, 0.25) is 5.82 Å². The van der Waals surface area contributed by atoms with Gasteiger partial charge in [0.05, 0.1) is 29.3 Å². The maximum absolute atomic E-state index is 13.2. The highest BCUT2D eigenvalue weighted by molar-refractivity contribution is 7.13. The van der Waals surface area contributed by atoms with Gasteiger partial charge in [0.15, 0.2) is 0 Å². The Morgan fingerprint density at radius 2 is 1.94 bits per heavy atom. The molecule has 0 aliphatic carbocycles. The van der Waals surface area contributed by atoms with Gasteiger partial charge in [-0.1, -0.05) is 47.6 Å². The Morgan fingerprint density at radius 3 is 2.69 bits per heavy atom. The molecule has 0 saturated carbocycles. The van der Waals surface area contributed by atoms with Crippen molar-refractivity contribution in [3.05, 3.63) is 89.3 Å². The molecule has 7 nitrogen and oxygen atoms in total. The van der Waals surface area contributed by atoms with Crippen molar-refractivity contribution in [3.63, 3.8) is 0 Å². The third-order valence-electron chi connectivity index (χ3n) is 5.33. The summed E-state index contributed by atoms with van der Waals surface area (Å²) in [5.41, 5.74) is 3.06. The first-order valence-corrected chi connectivity index (χ1v) is 10.9. The Bertz CT molecular complexity index is 1280. The van der Waals surface area contributed by atoms with Crippen molar-refractivity contribution in [2.45, 2.75) is 13.0 Å². The molecule has 1 N–H and O–H groups in total. The minimum Gasteiger partial charge on any atom is -0.497 e. The van der Waals surface area contributed by atoms with Gasteiger partial charge in [0, 0.05) is 11.8 Å². The number of amides is 2. The first-order chi connectivity index (χ1) is 15.7. The SMILES string of the molecule is COc1cccc(N2C(=O)NC(c3ccccc3)C(c3nc(-c4cccs4)no3)=C2C)c1. The van der Waals surface area contributed by atoms with E-state index in [4.69, 9.17) is 9.26 Å². The lowest BCUT2D eigenvalue weighted by Crippen LogP contribution is -2.46. The first kappa shape index (κ1) is 20.0. The topological polar surface area (TPSA) is 80.5 Å². The van der Waals surface area contributed by atoms with Crippen LogP contribution in [0.2, 0.25) is 0 Å². The third-order valence-corrected chi connectivity index (χ3v) is 6.19. The number of nitrogens with one attached hydrogen (secondary N) is 1. The molecule has 0 bridgehead atoms. The van der Waals surface area contributed by atoms with E-state index in [-0.39, 0.29) is 6.03 Å². The predicted octanol–water partition coefficient (Wildman–Crippen LogP) is 5.51. The number of rotatable bonds is 5. The van der Waals surface area contributed by atoms with E-state index in [1.54, 1.807) is 23.3 Å². The molecule has 0 spiro atoms. The smallest absolute Gasteiger partial charge is 0.327 e. The van der Waals surface area contributed by atoms with Gasteiger partial charge < -0.3 is 14.6 Å². The van der Waals surface area contributed by atoms with Crippen LogP contribution in [0, 0.1) is 0 Å². The molecule has 1 aliphatic heterocycles. The van der Waals surface area contributed by atoms with Crippen LogP contribution in [0.3, 0.4) is 0 Å². The molecule has 32 heavy (non-hydrogen) atoms. The van der Waals surface area contributed by atoms with E-state index in [1.807, 2.05) is 79.0 Å². The van der Waals surface area contributed by atoms with Crippen molar-refractivity contribution in [2.75, 3.05) is 12.0 Å². The number of hydrogen-bond donors (Lipinski definition) is 1. The van der Waals surface area contributed by atoms with E-state index in [2.05, 4.69) is 15.5 Å². The van der Waals surface area contributed by atoms with E-state index in [9.17, 15) is 4.79 Å². The number of carbonyl (C=O) groups excluding carboxylic acids is 1. The van der Waals surface area contributed by atoms with Gasteiger partial charge in [0.25, 0.3) is 5.89 Å². The number of nitrogens with zero attached hydrogens (tertiary/aromatic N) is 3. The molecule has 1 atom stereocenters. The summed E-state index contributed by atoms with van der Waals surface area (Å²) >= 11 is 1.54. The third kappa shape index (κ3) is 3.54. The molecular weight excluding hydrogens is 424 g/mol. The Hall–Kier alpha value is -3.91. The largest absolute Gasteiger partial charge is 0.497 e. The van der Waals surface area contributed by atoms with Crippen LogP contribution < -0.4 is 15.0 Å². The normalized spacial score (nSPS) is 16.2. The standard InChI is InChI=1S/C24H20N4O3S/c1-15-20(23-26-22(27-31-23)19-12-7-13-32-19)21(16-8-4-3-5-9-16)25-24(29)28(15)17-10-6-11-18(14-17)30-2/h3-14,21H,1-2H3,(H,25,29). The van der Waals surface area contributed by atoms with Gasteiger partial charge in [-0.25, -0.2) is 4.79 Å². The fourth-order valence-electron chi connectivity index (χ4n) is 3.81. The van der Waals surface area contributed by atoms with Crippen LogP contribution in [-0.4, -0.2) is 23.3 Å². The van der Waals surface area contributed by atoms with E-state index >= 15 is 0 Å². The molecule has 1 unspecified atom stereocenters. The Balaban J connectivity index is 1.66. The zero-order valence-electron chi connectivity index (χ0n) is 17.5. The molecule has 0 radical (unpaired) electrons.